The second-order valence-corrected chi connectivity index (χ2v) is 3.33. The molecule has 0 aromatic carbocycles. The fourth-order valence-corrected chi connectivity index (χ4v) is 1.64. The summed E-state index contributed by atoms with van der Waals surface area (Å²) in [7, 11) is 0. The highest BCUT2D eigenvalue weighted by molar-refractivity contribution is 6.34. The van der Waals surface area contributed by atoms with Crippen LogP contribution in [-0.4, -0.2) is 9.97 Å². The zero-order valence-electron chi connectivity index (χ0n) is 6.98. The Labute approximate surface area is 75.6 Å². The molecule has 0 atom stereocenters. The molecule has 0 aliphatic carbocycles. The minimum absolute atomic E-state index is 0.578. The van der Waals surface area contributed by atoms with Crippen molar-refractivity contribution in [1.29, 1.82) is 0 Å². The lowest BCUT2D eigenvalue weighted by atomic mass is 10.3. The summed E-state index contributed by atoms with van der Waals surface area (Å²) in [5.41, 5.74) is 3.11. The topological polar surface area (TPSA) is 28.7 Å². The molecule has 2 aromatic rings. The third-order valence-electron chi connectivity index (χ3n) is 1.83. The average molecular weight is 181 g/mol. The Morgan fingerprint density at radius 2 is 2.08 bits per heavy atom. The minimum Gasteiger partial charge on any atom is -0.359 e. The van der Waals surface area contributed by atoms with Crippen molar-refractivity contribution in [2.75, 3.05) is 0 Å². The van der Waals surface area contributed by atoms with Gasteiger partial charge >= 0.3 is 0 Å². The highest BCUT2D eigenvalue weighted by atomic mass is 35.5. The molecule has 0 saturated carbocycles. The first-order chi connectivity index (χ1) is 5.66. The van der Waals surface area contributed by atoms with Crippen LogP contribution in [0.3, 0.4) is 0 Å². The fraction of sp³-hybridized carbons (Fsp3) is 0.222. The standard InChI is InChI=1S/C9H9ClN2/c1-5-3-7-8(11-5)4-6(2)12-9(7)10/h3-4,11H,1-2H3. The van der Waals surface area contributed by atoms with E-state index in [1.807, 2.05) is 26.0 Å². The number of nitrogens with zero attached hydrogens (tertiary/aromatic N) is 1. The van der Waals surface area contributed by atoms with Gasteiger partial charge in [-0.2, -0.15) is 0 Å². The molecule has 0 saturated heterocycles. The molecule has 3 heteroatoms. The van der Waals surface area contributed by atoms with Gasteiger partial charge in [0.2, 0.25) is 0 Å². The van der Waals surface area contributed by atoms with Crippen LogP contribution in [0.15, 0.2) is 12.1 Å². The van der Waals surface area contributed by atoms with Gasteiger partial charge in [-0.3, -0.25) is 0 Å². The van der Waals surface area contributed by atoms with Crippen molar-refractivity contribution < 1.29 is 0 Å². The molecule has 12 heavy (non-hydrogen) atoms. The Bertz CT molecular complexity index is 431. The number of aromatic amines is 1. The number of pyridine rings is 1. The Kier molecular flexibility index (Phi) is 1.58. The Morgan fingerprint density at radius 1 is 1.33 bits per heavy atom. The lowest BCUT2D eigenvalue weighted by Crippen LogP contribution is -1.81. The maximum absolute atomic E-state index is 5.94. The summed E-state index contributed by atoms with van der Waals surface area (Å²) < 4.78 is 0. The van der Waals surface area contributed by atoms with Gasteiger partial charge in [-0.1, -0.05) is 11.6 Å². The van der Waals surface area contributed by atoms with Crippen molar-refractivity contribution in [1.82, 2.24) is 9.97 Å². The number of nitrogens with one attached hydrogen (secondary N) is 1. The molecule has 0 aliphatic heterocycles. The number of rotatable bonds is 0. The fourth-order valence-electron chi connectivity index (χ4n) is 1.35. The third-order valence-corrected chi connectivity index (χ3v) is 2.12. The van der Waals surface area contributed by atoms with E-state index in [2.05, 4.69) is 9.97 Å². The van der Waals surface area contributed by atoms with Crippen LogP contribution in [0.2, 0.25) is 5.15 Å². The average Bonchev–Trinajstić information content (AvgIpc) is 2.29. The number of fused-ring (bicyclic) bond motifs is 1. The molecule has 0 aliphatic rings. The monoisotopic (exact) mass is 180 g/mol. The van der Waals surface area contributed by atoms with Crippen molar-refractivity contribution in [3.8, 4) is 0 Å². The van der Waals surface area contributed by atoms with Crippen molar-refractivity contribution >= 4 is 22.5 Å². The van der Waals surface area contributed by atoms with E-state index in [4.69, 9.17) is 11.6 Å². The predicted molar refractivity (Wildman–Crippen MR) is 50.6 cm³/mol. The van der Waals surface area contributed by atoms with Crippen LogP contribution in [-0.2, 0) is 0 Å². The maximum atomic E-state index is 5.94. The molecule has 2 nitrogen and oxygen atoms in total. The van der Waals surface area contributed by atoms with Crippen molar-refractivity contribution in [3.63, 3.8) is 0 Å². The van der Waals surface area contributed by atoms with Gasteiger partial charge < -0.3 is 4.98 Å². The van der Waals surface area contributed by atoms with Gasteiger partial charge in [-0.05, 0) is 26.0 Å². The lowest BCUT2D eigenvalue weighted by molar-refractivity contribution is 1.22. The molecule has 1 N–H and O–H groups in total. The first-order valence-electron chi connectivity index (χ1n) is 3.79. The quantitative estimate of drug-likeness (QED) is 0.621. The first-order valence-corrected chi connectivity index (χ1v) is 4.17. The summed E-state index contributed by atoms with van der Waals surface area (Å²) in [6, 6.07) is 4.00. The van der Waals surface area contributed by atoms with Gasteiger partial charge in [0.05, 0.1) is 5.52 Å². The van der Waals surface area contributed by atoms with Gasteiger partial charge in [0.15, 0.2) is 0 Å². The van der Waals surface area contributed by atoms with Crippen LogP contribution in [0, 0.1) is 13.8 Å². The van der Waals surface area contributed by atoms with Crippen LogP contribution in [0.4, 0.5) is 0 Å². The van der Waals surface area contributed by atoms with E-state index in [0.717, 1.165) is 22.3 Å². The van der Waals surface area contributed by atoms with Gasteiger partial charge in [0.25, 0.3) is 0 Å². The van der Waals surface area contributed by atoms with Gasteiger partial charge in [0, 0.05) is 16.8 Å². The Hall–Kier alpha value is -1.02. The number of hydrogen-bond donors (Lipinski definition) is 1. The molecule has 2 heterocycles. The van der Waals surface area contributed by atoms with Crippen molar-refractivity contribution in [3.05, 3.63) is 28.7 Å². The minimum atomic E-state index is 0.578. The third kappa shape index (κ3) is 1.08. The molecule has 2 aromatic heterocycles. The maximum Gasteiger partial charge on any atom is 0.138 e. The lowest BCUT2D eigenvalue weighted by Gasteiger charge is -1.94. The van der Waals surface area contributed by atoms with Gasteiger partial charge in [-0.25, -0.2) is 4.98 Å². The zero-order chi connectivity index (χ0) is 8.72. The SMILES string of the molecule is Cc1cc2[nH]c(C)cc2c(Cl)n1. The number of H-pyrrole nitrogens is 1. The molecule has 0 bridgehead atoms. The van der Waals surface area contributed by atoms with Crippen LogP contribution < -0.4 is 0 Å². The summed E-state index contributed by atoms with van der Waals surface area (Å²) >= 11 is 5.94. The highest BCUT2D eigenvalue weighted by Gasteiger charge is 2.03. The summed E-state index contributed by atoms with van der Waals surface area (Å²) in [6.45, 7) is 3.94. The molecular formula is C9H9ClN2. The normalized spacial score (nSPS) is 10.9. The second kappa shape index (κ2) is 2.49. The van der Waals surface area contributed by atoms with Crippen LogP contribution in [0.1, 0.15) is 11.4 Å². The Balaban J connectivity index is 2.88. The van der Waals surface area contributed by atoms with E-state index in [9.17, 15) is 0 Å². The van der Waals surface area contributed by atoms with Crippen LogP contribution in [0.5, 0.6) is 0 Å². The Morgan fingerprint density at radius 3 is 2.83 bits per heavy atom. The van der Waals surface area contributed by atoms with Crippen molar-refractivity contribution in [2.24, 2.45) is 0 Å². The van der Waals surface area contributed by atoms with E-state index in [1.165, 1.54) is 0 Å². The van der Waals surface area contributed by atoms with E-state index in [-0.39, 0.29) is 0 Å². The number of aromatic nitrogens is 2. The molecule has 0 amide bonds. The van der Waals surface area contributed by atoms with E-state index < -0.39 is 0 Å². The second-order valence-electron chi connectivity index (χ2n) is 2.97. The number of halogens is 1. The molecule has 62 valence electrons. The van der Waals surface area contributed by atoms with E-state index >= 15 is 0 Å². The van der Waals surface area contributed by atoms with Crippen LogP contribution >= 0.6 is 11.6 Å². The number of aryl methyl sites for hydroxylation is 2. The largest absolute Gasteiger partial charge is 0.359 e. The summed E-state index contributed by atoms with van der Waals surface area (Å²) in [6.07, 6.45) is 0. The molecular weight excluding hydrogens is 172 g/mol. The molecule has 0 spiro atoms. The van der Waals surface area contributed by atoms with Gasteiger partial charge in [-0.15, -0.1) is 0 Å². The molecule has 0 unspecified atom stereocenters. The molecule has 2 rings (SSSR count). The summed E-state index contributed by atoms with van der Waals surface area (Å²) in [5, 5.41) is 1.58. The predicted octanol–water partition coefficient (Wildman–Crippen LogP) is 2.83. The molecule has 0 fully saturated rings. The smallest absolute Gasteiger partial charge is 0.138 e. The summed E-state index contributed by atoms with van der Waals surface area (Å²) in [4.78, 5) is 7.38. The van der Waals surface area contributed by atoms with E-state index in [0.29, 0.717) is 5.15 Å². The zero-order valence-corrected chi connectivity index (χ0v) is 7.74. The molecule has 0 radical (unpaired) electrons. The first kappa shape index (κ1) is 7.62. The number of hydrogen-bond acceptors (Lipinski definition) is 1. The van der Waals surface area contributed by atoms with Crippen LogP contribution in [0.25, 0.3) is 10.9 Å². The van der Waals surface area contributed by atoms with E-state index in [1.54, 1.807) is 0 Å². The van der Waals surface area contributed by atoms with Gasteiger partial charge in [0.1, 0.15) is 5.15 Å². The summed E-state index contributed by atoms with van der Waals surface area (Å²) in [5.74, 6) is 0. The van der Waals surface area contributed by atoms with Crippen molar-refractivity contribution in [2.45, 2.75) is 13.8 Å². The highest BCUT2D eigenvalue weighted by Crippen LogP contribution is 2.22.